The average Bonchev–Trinajstić information content (AvgIpc) is 3.20. The number of nitrogens with one attached hydrogen (secondary N) is 1. The normalized spacial score (nSPS) is 17.2. The number of imidazole rings is 1. The molecule has 0 radical (unpaired) electrons. The summed E-state index contributed by atoms with van der Waals surface area (Å²) < 4.78 is 1.98. The Balaban J connectivity index is 1.69. The molecule has 1 fully saturated rings. The van der Waals surface area contributed by atoms with Gasteiger partial charge in [0.1, 0.15) is 0 Å². The molecule has 5 heteroatoms. The van der Waals surface area contributed by atoms with Crippen molar-refractivity contribution in [1.82, 2.24) is 9.55 Å². The van der Waals surface area contributed by atoms with E-state index in [1.165, 1.54) is 0 Å². The Bertz CT molecular complexity index is 629. The highest BCUT2D eigenvalue weighted by molar-refractivity contribution is 5.98. The molecule has 2 aromatic rings. The van der Waals surface area contributed by atoms with Crippen LogP contribution in [-0.2, 0) is 11.3 Å². The van der Waals surface area contributed by atoms with Crippen LogP contribution in [0.15, 0.2) is 43.0 Å². The summed E-state index contributed by atoms with van der Waals surface area (Å²) in [7, 11) is 0. The Labute approximate surface area is 124 Å². The summed E-state index contributed by atoms with van der Waals surface area (Å²) in [6.45, 7) is 2.54. The molecule has 1 unspecified atom stereocenters. The highest BCUT2D eigenvalue weighted by Gasteiger charge is 2.44. The zero-order valence-corrected chi connectivity index (χ0v) is 12.1. The van der Waals surface area contributed by atoms with Crippen LogP contribution in [0.25, 0.3) is 0 Å². The third-order valence-electron chi connectivity index (χ3n) is 4.02. The lowest BCUT2D eigenvalue weighted by Crippen LogP contribution is -2.50. The number of hydrogen-bond acceptors (Lipinski definition) is 3. The fraction of sp³-hybridized carbons (Fsp3) is 0.375. The van der Waals surface area contributed by atoms with Crippen molar-refractivity contribution in [3.8, 4) is 0 Å². The number of rotatable bonds is 5. The van der Waals surface area contributed by atoms with Crippen molar-refractivity contribution in [3.63, 3.8) is 0 Å². The molecule has 3 rings (SSSR count). The molecule has 1 amide bonds. The van der Waals surface area contributed by atoms with Gasteiger partial charge in [0.25, 0.3) is 0 Å². The van der Waals surface area contributed by atoms with E-state index in [1.54, 1.807) is 12.5 Å². The molecular formula is C16H20N4O. The summed E-state index contributed by atoms with van der Waals surface area (Å²) >= 11 is 0. The van der Waals surface area contributed by atoms with Crippen LogP contribution >= 0.6 is 0 Å². The number of nitrogens with two attached hydrogens (primary N) is 1. The Hall–Kier alpha value is -2.14. The molecule has 1 aromatic carbocycles. The lowest BCUT2D eigenvalue weighted by Gasteiger charge is -2.23. The first-order valence-corrected chi connectivity index (χ1v) is 7.21. The van der Waals surface area contributed by atoms with Crippen molar-refractivity contribution in [2.75, 3.05) is 5.32 Å². The molecule has 1 saturated carbocycles. The minimum Gasteiger partial charge on any atom is -0.333 e. The maximum atomic E-state index is 12.3. The molecule has 5 nitrogen and oxygen atoms in total. The monoisotopic (exact) mass is 284 g/mol. The molecule has 1 atom stereocenters. The van der Waals surface area contributed by atoms with E-state index in [2.05, 4.69) is 10.3 Å². The summed E-state index contributed by atoms with van der Waals surface area (Å²) in [6.07, 6.45) is 7.52. The SMILES string of the molecule is CC(N)(C(=O)Nc1cccc(Cn2ccnc2)c1)C1CC1. The largest absolute Gasteiger partial charge is 0.333 e. The molecule has 1 aliphatic carbocycles. The second kappa shape index (κ2) is 5.33. The molecule has 0 bridgehead atoms. The maximum Gasteiger partial charge on any atom is 0.244 e. The molecule has 1 aliphatic rings. The van der Waals surface area contributed by atoms with Gasteiger partial charge in [-0.2, -0.15) is 0 Å². The summed E-state index contributed by atoms with van der Waals surface area (Å²) in [5.74, 6) is 0.205. The third-order valence-corrected chi connectivity index (χ3v) is 4.02. The molecule has 21 heavy (non-hydrogen) atoms. The Morgan fingerprint density at radius 2 is 2.33 bits per heavy atom. The van der Waals surface area contributed by atoms with Crippen molar-refractivity contribution < 1.29 is 4.79 Å². The van der Waals surface area contributed by atoms with E-state index in [4.69, 9.17) is 5.73 Å². The van der Waals surface area contributed by atoms with Gasteiger partial charge >= 0.3 is 0 Å². The van der Waals surface area contributed by atoms with Crippen LogP contribution in [0.5, 0.6) is 0 Å². The highest BCUT2D eigenvalue weighted by Crippen LogP contribution is 2.38. The summed E-state index contributed by atoms with van der Waals surface area (Å²) in [4.78, 5) is 16.3. The lowest BCUT2D eigenvalue weighted by molar-refractivity contribution is -0.121. The number of hydrogen-bond donors (Lipinski definition) is 2. The van der Waals surface area contributed by atoms with E-state index >= 15 is 0 Å². The van der Waals surface area contributed by atoms with Crippen molar-refractivity contribution in [1.29, 1.82) is 0 Å². The van der Waals surface area contributed by atoms with Gasteiger partial charge in [0.2, 0.25) is 5.91 Å². The summed E-state index contributed by atoms with van der Waals surface area (Å²) in [5, 5.41) is 2.93. The van der Waals surface area contributed by atoms with Gasteiger partial charge in [-0.3, -0.25) is 4.79 Å². The van der Waals surface area contributed by atoms with E-state index in [0.29, 0.717) is 5.92 Å². The predicted molar refractivity (Wildman–Crippen MR) is 81.7 cm³/mol. The molecule has 110 valence electrons. The Morgan fingerprint density at radius 1 is 1.52 bits per heavy atom. The van der Waals surface area contributed by atoms with E-state index < -0.39 is 5.54 Å². The van der Waals surface area contributed by atoms with Crippen LogP contribution < -0.4 is 11.1 Å². The number of amides is 1. The van der Waals surface area contributed by atoms with Gasteiger partial charge in [0.05, 0.1) is 11.9 Å². The molecule has 1 aromatic heterocycles. The quantitative estimate of drug-likeness (QED) is 0.882. The molecular weight excluding hydrogens is 264 g/mol. The third kappa shape index (κ3) is 3.13. The van der Waals surface area contributed by atoms with Gasteiger partial charge in [0.15, 0.2) is 0 Å². The van der Waals surface area contributed by atoms with E-state index in [-0.39, 0.29) is 5.91 Å². The number of carbonyl (C=O) groups excluding carboxylic acids is 1. The van der Waals surface area contributed by atoms with Crippen LogP contribution in [0.3, 0.4) is 0 Å². The van der Waals surface area contributed by atoms with Crippen LogP contribution in [0, 0.1) is 5.92 Å². The predicted octanol–water partition coefficient (Wildman–Crippen LogP) is 2.00. The molecule has 1 heterocycles. The van der Waals surface area contributed by atoms with Gasteiger partial charge in [-0.1, -0.05) is 12.1 Å². The van der Waals surface area contributed by atoms with Crippen LogP contribution in [-0.4, -0.2) is 21.0 Å². The van der Waals surface area contributed by atoms with Gasteiger partial charge in [0, 0.05) is 24.6 Å². The number of benzene rings is 1. The maximum absolute atomic E-state index is 12.3. The van der Waals surface area contributed by atoms with E-state index in [0.717, 1.165) is 30.6 Å². The Morgan fingerprint density at radius 3 is 3.00 bits per heavy atom. The van der Waals surface area contributed by atoms with Gasteiger partial charge in [-0.25, -0.2) is 4.98 Å². The van der Waals surface area contributed by atoms with E-state index in [9.17, 15) is 4.79 Å². The van der Waals surface area contributed by atoms with Crippen LogP contribution in [0.2, 0.25) is 0 Å². The minimum atomic E-state index is -0.777. The van der Waals surface area contributed by atoms with Crippen molar-refractivity contribution in [2.45, 2.75) is 31.8 Å². The Kier molecular flexibility index (Phi) is 3.51. The summed E-state index contributed by atoms with van der Waals surface area (Å²) in [6, 6.07) is 7.82. The molecule has 3 N–H and O–H groups in total. The number of nitrogens with zero attached hydrogens (tertiary/aromatic N) is 2. The van der Waals surface area contributed by atoms with Gasteiger partial charge in [-0.05, 0) is 43.4 Å². The second-order valence-corrected chi connectivity index (χ2v) is 5.95. The lowest BCUT2D eigenvalue weighted by atomic mass is 9.96. The number of carbonyl (C=O) groups is 1. The van der Waals surface area contributed by atoms with E-state index in [1.807, 2.05) is 42.0 Å². The topological polar surface area (TPSA) is 72.9 Å². The van der Waals surface area contributed by atoms with Gasteiger partial charge < -0.3 is 15.6 Å². The molecule has 0 saturated heterocycles. The van der Waals surface area contributed by atoms with Crippen molar-refractivity contribution in [3.05, 3.63) is 48.5 Å². The smallest absolute Gasteiger partial charge is 0.244 e. The fourth-order valence-corrected chi connectivity index (χ4v) is 2.47. The first kappa shape index (κ1) is 13.8. The zero-order valence-electron chi connectivity index (χ0n) is 12.1. The number of aromatic nitrogens is 2. The van der Waals surface area contributed by atoms with Gasteiger partial charge in [-0.15, -0.1) is 0 Å². The minimum absolute atomic E-state index is 0.107. The average molecular weight is 284 g/mol. The summed E-state index contributed by atoms with van der Waals surface area (Å²) in [5.41, 5.74) is 7.25. The van der Waals surface area contributed by atoms with Crippen LogP contribution in [0.4, 0.5) is 5.69 Å². The van der Waals surface area contributed by atoms with Crippen molar-refractivity contribution in [2.24, 2.45) is 11.7 Å². The highest BCUT2D eigenvalue weighted by atomic mass is 16.2. The standard InChI is InChI=1S/C16H20N4O/c1-16(17,13-5-6-13)15(21)19-14-4-2-3-12(9-14)10-20-8-7-18-11-20/h2-4,7-9,11,13H,5-6,10,17H2,1H3,(H,19,21). The first-order chi connectivity index (χ1) is 10.1. The zero-order chi connectivity index (χ0) is 14.9. The van der Waals surface area contributed by atoms with Crippen LogP contribution in [0.1, 0.15) is 25.3 Å². The molecule has 0 aliphatic heterocycles. The molecule has 0 spiro atoms. The second-order valence-electron chi connectivity index (χ2n) is 5.95. The fourth-order valence-electron chi connectivity index (χ4n) is 2.47. The number of anilines is 1. The first-order valence-electron chi connectivity index (χ1n) is 7.21. The van der Waals surface area contributed by atoms with Crippen molar-refractivity contribution >= 4 is 11.6 Å².